The van der Waals surface area contributed by atoms with Gasteiger partial charge in [0.15, 0.2) is 11.5 Å². The van der Waals surface area contributed by atoms with E-state index in [0.29, 0.717) is 30.9 Å². The standard InChI is InChI=1S/C17H23NO5/c1-4-6-13(17(20)21)18-16(19)10-8-12-7-9-14(23-5-2)15(11-12)22-3/h7-11,13H,4-6H2,1-3H3,(H,18,19)(H,20,21)/b10-8+. The quantitative estimate of drug-likeness (QED) is 0.683. The van der Waals surface area contributed by atoms with Crippen LogP contribution in [-0.4, -0.2) is 36.7 Å². The number of carboxylic acids is 1. The summed E-state index contributed by atoms with van der Waals surface area (Å²) in [5, 5.41) is 11.5. The number of ether oxygens (including phenoxy) is 2. The summed E-state index contributed by atoms with van der Waals surface area (Å²) in [4.78, 5) is 22.8. The van der Waals surface area contributed by atoms with Crippen LogP contribution in [0.2, 0.25) is 0 Å². The Morgan fingerprint density at radius 3 is 2.61 bits per heavy atom. The molecule has 126 valence electrons. The SMILES string of the molecule is CCCC(NC(=O)/C=C/c1ccc(OCC)c(OC)c1)C(=O)O. The zero-order valence-electron chi connectivity index (χ0n) is 13.7. The number of hydrogen-bond donors (Lipinski definition) is 2. The number of aliphatic carboxylic acids is 1. The number of rotatable bonds is 9. The molecule has 0 spiro atoms. The maximum Gasteiger partial charge on any atom is 0.326 e. The molecule has 0 bridgehead atoms. The summed E-state index contributed by atoms with van der Waals surface area (Å²) in [6.45, 7) is 4.28. The summed E-state index contributed by atoms with van der Waals surface area (Å²) >= 11 is 0. The van der Waals surface area contributed by atoms with E-state index in [-0.39, 0.29) is 0 Å². The predicted octanol–water partition coefficient (Wildman–Crippen LogP) is 2.48. The summed E-state index contributed by atoms with van der Waals surface area (Å²) in [5.74, 6) is -0.274. The average Bonchev–Trinajstić information content (AvgIpc) is 2.53. The third-order valence-corrected chi connectivity index (χ3v) is 3.11. The van der Waals surface area contributed by atoms with Gasteiger partial charge in [-0.2, -0.15) is 0 Å². The highest BCUT2D eigenvalue weighted by molar-refractivity contribution is 5.94. The highest BCUT2D eigenvalue weighted by atomic mass is 16.5. The number of methoxy groups -OCH3 is 1. The number of benzene rings is 1. The normalized spacial score (nSPS) is 12.0. The van der Waals surface area contributed by atoms with Crippen LogP contribution in [-0.2, 0) is 9.59 Å². The Kier molecular flexibility index (Phi) is 7.66. The Morgan fingerprint density at radius 2 is 2.04 bits per heavy atom. The van der Waals surface area contributed by atoms with E-state index in [1.54, 1.807) is 31.4 Å². The van der Waals surface area contributed by atoms with E-state index >= 15 is 0 Å². The van der Waals surface area contributed by atoms with Gasteiger partial charge in [-0.3, -0.25) is 4.79 Å². The van der Waals surface area contributed by atoms with Crippen molar-refractivity contribution in [2.24, 2.45) is 0 Å². The molecule has 1 amide bonds. The Bertz CT molecular complexity index is 568. The molecule has 2 N–H and O–H groups in total. The first-order chi connectivity index (χ1) is 11.0. The fourth-order valence-corrected chi connectivity index (χ4v) is 2.00. The van der Waals surface area contributed by atoms with Gasteiger partial charge < -0.3 is 19.9 Å². The second kappa shape index (κ2) is 9.50. The maximum absolute atomic E-state index is 11.8. The Hall–Kier alpha value is -2.50. The van der Waals surface area contributed by atoms with Crippen molar-refractivity contribution in [1.29, 1.82) is 0 Å². The molecule has 0 fully saturated rings. The van der Waals surface area contributed by atoms with Gasteiger partial charge in [-0.1, -0.05) is 19.4 Å². The molecule has 6 heteroatoms. The number of amides is 1. The lowest BCUT2D eigenvalue weighted by Gasteiger charge is -2.11. The second-order valence-electron chi connectivity index (χ2n) is 4.86. The van der Waals surface area contributed by atoms with Crippen LogP contribution >= 0.6 is 0 Å². The monoisotopic (exact) mass is 321 g/mol. The van der Waals surface area contributed by atoms with Gasteiger partial charge in [0.25, 0.3) is 0 Å². The van der Waals surface area contributed by atoms with Gasteiger partial charge in [-0.25, -0.2) is 4.79 Å². The molecule has 0 saturated carbocycles. The minimum absolute atomic E-state index is 0.395. The lowest BCUT2D eigenvalue weighted by molar-refractivity contribution is -0.141. The highest BCUT2D eigenvalue weighted by Crippen LogP contribution is 2.28. The van der Waals surface area contributed by atoms with E-state index in [1.807, 2.05) is 13.8 Å². The van der Waals surface area contributed by atoms with Crippen LogP contribution in [0.3, 0.4) is 0 Å². The molecule has 1 atom stereocenters. The average molecular weight is 321 g/mol. The van der Waals surface area contributed by atoms with Crippen molar-refractivity contribution in [3.05, 3.63) is 29.8 Å². The van der Waals surface area contributed by atoms with Gasteiger partial charge in [-0.05, 0) is 37.1 Å². The van der Waals surface area contributed by atoms with Gasteiger partial charge in [0.1, 0.15) is 6.04 Å². The molecule has 0 saturated heterocycles. The summed E-state index contributed by atoms with van der Waals surface area (Å²) in [5.41, 5.74) is 0.753. The molecule has 0 aliphatic carbocycles. The smallest absolute Gasteiger partial charge is 0.326 e. The van der Waals surface area contributed by atoms with Crippen LogP contribution in [0.5, 0.6) is 11.5 Å². The molecular weight excluding hydrogens is 298 g/mol. The molecule has 1 aromatic rings. The number of carbonyl (C=O) groups is 2. The Morgan fingerprint density at radius 1 is 1.30 bits per heavy atom. The van der Waals surface area contributed by atoms with Crippen LogP contribution in [0.25, 0.3) is 6.08 Å². The number of carbonyl (C=O) groups excluding carboxylic acids is 1. The van der Waals surface area contributed by atoms with Crippen molar-refractivity contribution < 1.29 is 24.2 Å². The van der Waals surface area contributed by atoms with Gasteiger partial charge in [-0.15, -0.1) is 0 Å². The Labute approximate surface area is 136 Å². The van der Waals surface area contributed by atoms with Crippen molar-refractivity contribution in [2.75, 3.05) is 13.7 Å². The largest absolute Gasteiger partial charge is 0.493 e. The van der Waals surface area contributed by atoms with Crippen molar-refractivity contribution >= 4 is 18.0 Å². The van der Waals surface area contributed by atoms with Gasteiger partial charge in [0.05, 0.1) is 13.7 Å². The first-order valence-electron chi connectivity index (χ1n) is 7.54. The van der Waals surface area contributed by atoms with Crippen molar-refractivity contribution in [2.45, 2.75) is 32.7 Å². The third kappa shape index (κ3) is 6.02. The predicted molar refractivity (Wildman–Crippen MR) is 87.7 cm³/mol. The molecule has 1 unspecified atom stereocenters. The molecule has 0 aliphatic rings. The fraction of sp³-hybridized carbons (Fsp3) is 0.412. The number of carboxylic acid groups (broad SMARTS) is 1. The molecule has 1 rings (SSSR count). The summed E-state index contributed by atoms with van der Waals surface area (Å²) in [6, 6.07) is 4.43. The third-order valence-electron chi connectivity index (χ3n) is 3.11. The van der Waals surface area contributed by atoms with E-state index in [4.69, 9.17) is 14.6 Å². The molecule has 0 aromatic heterocycles. The zero-order chi connectivity index (χ0) is 17.2. The van der Waals surface area contributed by atoms with Crippen LogP contribution in [0, 0.1) is 0 Å². The molecule has 1 aromatic carbocycles. The number of nitrogens with one attached hydrogen (secondary N) is 1. The van der Waals surface area contributed by atoms with Crippen molar-refractivity contribution in [3.63, 3.8) is 0 Å². The lowest BCUT2D eigenvalue weighted by Crippen LogP contribution is -2.39. The van der Waals surface area contributed by atoms with Crippen molar-refractivity contribution in [3.8, 4) is 11.5 Å². The molecular formula is C17H23NO5. The summed E-state index contributed by atoms with van der Waals surface area (Å²) in [7, 11) is 1.54. The van der Waals surface area contributed by atoms with Gasteiger partial charge in [0, 0.05) is 6.08 Å². The van der Waals surface area contributed by atoms with Crippen LogP contribution in [0.1, 0.15) is 32.3 Å². The van der Waals surface area contributed by atoms with Crippen LogP contribution < -0.4 is 14.8 Å². The number of hydrogen-bond acceptors (Lipinski definition) is 4. The zero-order valence-corrected chi connectivity index (χ0v) is 13.7. The van der Waals surface area contributed by atoms with E-state index in [1.165, 1.54) is 6.08 Å². The minimum Gasteiger partial charge on any atom is -0.493 e. The van der Waals surface area contributed by atoms with E-state index in [0.717, 1.165) is 5.56 Å². The molecule has 6 nitrogen and oxygen atoms in total. The minimum atomic E-state index is -1.03. The Balaban J connectivity index is 2.76. The first kappa shape index (κ1) is 18.5. The highest BCUT2D eigenvalue weighted by Gasteiger charge is 2.17. The van der Waals surface area contributed by atoms with Crippen molar-refractivity contribution in [1.82, 2.24) is 5.32 Å². The molecule has 23 heavy (non-hydrogen) atoms. The lowest BCUT2D eigenvalue weighted by atomic mass is 10.1. The van der Waals surface area contributed by atoms with E-state index < -0.39 is 17.9 Å². The van der Waals surface area contributed by atoms with Crippen LogP contribution in [0.4, 0.5) is 0 Å². The topological polar surface area (TPSA) is 84.9 Å². The summed E-state index contributed by atoms with van der Waals surface area (Å²) in [6.07, 6.45) is 3.97. The molecule has 0 radical (unpaired) electrons. The maximum atomic E-state index is 11.8. The second-order valence-corrected chi connectivity index (χ2v) is 4.86. The molecule has 0 aliphatic heterocycles. The fourth-order valence-electron chi connectivity index (χ4n) is 2.00. The summed E-state index contributed by atoms with van der Waals surface area (Å²) < 4.78 is 10.7. The first-order valence-corrected chi connectivity index (χ1v) is 7.54. The molecule has 0 heterocycles. The van der Waals surface area contributed by atoms with Gasteiger partial charge in [0.2, 0.25) is 5.91 Å². The van der Waals surface area contributed by atoms with E-state index in [2.05, 4.69) is 5.32 Å². The van der Waals surface area contributed by atoms with Crippen LogP contribution in [0.15, 0.2) is 24.3 Å². The van der Waals surface area contributed by atoms with Gasteiger partial charge >= 0.3 is 5.97 Å². The van der Waals surface area contributed by atoms with E-state index in [9.17, 15) is 9.59 Å².